The van der Waals surface area contributed by atoms with Crippen molar-refractivity contribution in [3.8, 4) is 63.0 Å². The molecule has 0 fully saturated rings. The van der Waals surface area contributed by atoms with Crippen LogP contribution in [0.2, 0.25) is 0 Å². The van der Waals surface area contributed by atoms with E-state index in [-0.39, 0.29) is 63.5 Å². The topological polar surface area (TPSA) is 63.1 Å². The van der Waals surface area contributed by atoms with Gasteiger partial charge in [-0.15, -0.1) is 98.6 Å². The van der Waals surface area contributed by atoms with Gasteiger partial charge in [-0.2, -0.15) is 0 Å². The molecule has 0 unspecified atom stereocenters. The molecule has 8 heteroatoms. The van der Waals surface area contributed by atoms with Crippen molar-refractivity contribution in [3.63, 3.8) is 0 Å². The Morgan fingerprint density at radius 1 is 0.495 bits per heavy atom. The van der Waals surface area contributed by atoms with Crippen molar-refractivity contribution in [3.05, 3.63) is 173 Å². The minimum atomic E-state index is -0.125. The third-order valence-electron chi connectivity index (χ3n) is 18.0. The maximum Gasteiger partial charge on any atom is 0.155 e. The average Bonchev–Trinajstić information content (AvgIpc) is 1.57. The molecule has 93 heavy (non-hydrogen) atoms. The first kappa shape index (κ1) is 84.8. The standard InChI is InChI=1S/C28H28N.C28H27N.2C12H27P.C5H8O2.Ir.Pt/c2*1-4-7-16-28(17-8-5-2)25-19-21(6-3)12-14-23(25)24-15-13-22(20-26(24)28)27-11-9-10-18-29-27;2*1-4-7-10-13(11-8-5-2)12-9-6-3;1-4(6)3-5(2)7;;/h3,9-12,14-15,18-20H,4-5,7-8,16-17H2,1-2H3;9-12,14-15,18-20H,4-5,7-8,16-17H2,1-2H3;2*4-12H2,1-3H3;3,6H,1-2H3;;/q-1;-2;;;;;/b;;;;4-3-;;. The SMILES string of the molecule is C#Cc1ccc2c(c1)C(CCCC)(CCCC)c1cc(-c3ccccn3)[c-]cc1-2.CC(=O)/C=C(/C)O.CCCCP(CCCC)CCCC.CCCCP(CCCC)CCCC.[C-]#Cc1ccc2c(c1)C(CCCC)(CCCC)c1cc(-c3ccccn3)[c-]cc1-2.[Ir].[Pt]. The fourth-order valence-electron chi connectivity index (χ4n) is 12.9. The summed E-state index contributed by atoms with van der Waals surface area (Å²) in [5.74, 6) is 5.39. The molecule has 0 bridgehead atoms. The summed E-state index contributed by atoms with van der Waals surface area (Å²) < 4.78 is 0. The maximum atomic E-state index is 10.0. The number of ketones is 1. The van der Waals surface area contributed by atoms with Crippen molar-refractivity contribution < 1.29 is 51.1 Å². The van der Waals surface area contributed by atoms with Crippen molar-refractivity contribution in [2.45, 2.75) is 248 Å². The van der Waals surface area contributed by atoms with Gasteiger partial charge in [0.2, 0.25) is 0 Å². The van der Waals surface area contributed by atoms with E-state index in [1.165, 1.54) is 193 Å². The number of benzene rings is 4. The number of rotatable bonds is 33. The molecule has 4 nitrogen and oxygen atoms in total. The Balaban J connectivity index is 0.000000429. The Kier molecular flexibility index (Phi) is 44.1. The van der Waals surface area contributed by atoms with Gasteiger partial charge in [-0.25, -0.2) is 0 Å². The fraction of sp³-hybridized carbons (Fsp3) is 0.518. The second kappa shape index (κ2) is 48.4. The number of terminal acetylenes is 1. The molecule has 2 aliphatic rings. The number of aliphatic hydroxyl groups is 1. The Morgan fingerprint density at radius 2 is 0.817 bits per heavy atom. The van der Waals surface area contributed by atoms with E-state index in [2.05, 4.69) is 170 Å². The van der Waals surface area contributed by atoms with E-state index in [1.54, 1.807) is 37.0 Å². The zero-order valence-corrected chi connectivity index (χ0v) is 66.0. The summed E-state index contributed by atoms with van der Waals surface area (Å²) in [6.45, 7) is 25.8. The Hall–Kier alpha value is -4.29. The molecule has 2 heterocycles. The molecule has 8 rings (SSSR count). The predicted octanol–water partition coefficient (Wildman–Crippen LogP) is 25.1. The number of carbonyl (C=O) groups is 1. The van der Waals surface area contributed by atoms with Crippen LogP contribution in [-0.4, -0.2) is 57.8 Å². The normalized spacial score (nSPS) is 12.4. The van der Waals surface area contributed by atoms with Crippen LogP contribution in [0.25, 0.3) is 44.8 Å². The molecule has 0 amide bonds. The summed E-state index contributed by atoms with van der Waals surface area (Å²) in [7, 11) is 0.843. The van der Waals surface area contributed by atoms with E-state index in [0.29, 0.717) is 15.8 Å². The summed E-state index contributed by atoms with van der Waals surface area (Å²) >= 11 is 0. The molecular formula is C85H117IrN2O2P2Pt-3. The van der Waals surface area contributed by atoms with E-state index >= 15 is 0 Å². The van der Waals surface area contributed by atoms with Gasteiger partial charge in [0, 0.05) is 76.0 Å². The van der Waals surface area contributed by atoms with Crippen molar-refractivity contribution in [2.75, 3.05) is 37.0 Å². The average molecular weight is 1650 g/mol. The van der Waals surface area contributed by atoms with Gasteiger partial charge in [0.15, 0.2) is 5.78 Å². The number of fused-ring (bicyclic) bond motifs is 6. The van der Waals surface area contributed by atoms with Crippen molar-refractivity contribution in [2.24, 2.45) is 0 Å². The molecule has 4 aromatic carbocycles. The molecule has 0 aliphatic heterocycles. The van der Waals surface area contributed by atoms with Crippen LogP contribution in [0.4, 0.5) is 0 Å². The van der Waals surface area contributed by atoms with Gasteiger partial charge in [0.25, 0.3) is 0 Å². The van der Waals surface area contributed by atoms with E-state index in [4.69, 9.17) is 18.0 Å². The zero-order valence-electron chi connectivity index (χ0n) is 59.6. The second-order valence-corrected chi connectivity index (χ2v) is 30.7. The monoisotopic (exact) mass is 1650 g/mol. The summed E-state index contributed by atoms with van der Waals surface area (Å²) in [6, 6.07) is 41.1. The molecule has 0 saturated carbocycles. The zero-order chi connectivity index (χ0) is 66.3. The summed E-state index contributed by atoms with van der Waals surface area (Å²) in [5, 5.41) is 8.36. The van der Waals surface area contributed by atoms with Gasteiger partial charge < -0.3 is 21.5 Å². The van der Waals surface area contributed by atoms with Gasteiger partial charge in [-0.05, 0) is 156 Å². The Labute approximate surface area is 599 Å². The van der Waals surface area contributed by atoms with E-state index in [9.17, 15) is 4.79 Å². The number of pyridine rings is 2. The van der Waals surface area contributed by atoms with Crippen LogP contribution < -0.4 is 0 Å². The third-order valence-corrected chi connectivity index (χ3v) is 23.7. The fourth-order valence-corrected chi connectivity index (χ4v) is 18.8. The molecule has 1 radical (unpaired) electrons. The molecule has 1 N–H and O–H groups in total. The first-order chi connectivity index (χ1) is 44.3. The first-order valence-corrected chi connectivity index (χ1v) is 39.5. The minimum Gasteiger partial charge on any atom is -0.512 e. The van der Waals surface area contributed by atoms with Crippen LogP contribution in [0, 0.1) is 36.8 Å². The predicted molar refractivity (Wildman–Crippen MR) is 401 cm³/mol. The van der Waals surface area contributed by atoms with Gasteiger partial charge >= 0.3 is 0 Å². The summed E-state index contributed by atoms with van der Waals surface area (Å²) in [4.78, 5) is 19.1. The van der Waals surface area contributed by atoms with Crippen molar-refractivity contribution >= 4 is 21.6 Å². The molecular weight excluding hydrogens is 1530 g/mol. The van der Waals surface area contributed by atoms with Crippen LogP contribution in [0.15, 0.2) is 121 Å². The number of unbranched alkanes of at least 4 members (excludes halogenated alkanes) is 10. The van der Waals surface area contributed by atoms with Crippen LogP contribution in [-0.2, 0) is 56.8 Å². The van der Waals surface area contributed by atoms with Crippen LogP contribution in [0.1, 0.15) is 271 Å². The largest absolute Gasteiger partial charge is 0.512 e. The number of aromatic nitrogens is 2. The number of nitrogens with zero attached hydrogens (tertiary/aromatic N) is 2. The molecule has 2 aliphatic carbocycles. The van der Waals surface area contributed by atoms with Gasteiger partial charge in [0.05, 0.1) is 5.76 Å². The van der Waals surface area contributed by atoms with Crippen LogP contribution in [0.3, 0.4) is 0 Å². The number of hydrogen-bond acceptors (Lipinski definition) is 4. The molecule has 6 aromatic rings. The smallest absolute Gasteiger partial charge is 0.155 e. The van der Waals surface area contributed by atoms with E-state index < -0.39 is 0 Å². The van der Waals surface area contributed by atoms with Crippen LogP contribution >= 0.6 is 15.8 Å². The molecule has 0 spiro atoms. The Morgan fingerprint density at radius 3 is 1.09 bits per heavy atom. The first-order valence-electron chi connectivity index (χ1n) is 35.8. The number of aliphatic hydroxyl groups excluding tert-OH is 1. The molecule has 0 saturated heterocycles. The van der Waals surface area contributed by atoms with Crippen LogP contribution in [0.5, 0.6) is 0 Å². The van der Waals surface area contributed by atoms with Gasteiger partial charge in [-0.3, -0.25) is 10.7 Å². The number of carbonyl (C=O) groups excluding carboxylic acids is 1. The van der Waals surface area contributed by atoms with Gasteiger partial charge in [-0.1, -0.05) is 229 Å². The Bertz CT molecular complexity index is 2890. The number of hydrogen-bond donors (Lipinski definition) is 1. The third kappa shape index (κ3) is 26.6. The quantitative estimate of drug-likeness (QED) is 0.0147. The second-order valence-electron chi connectivity index (χ2n) is 25.3. The maximum absolute atomic E-state index is 10.0. The summed E-state index contributed by atoms with van der Waals surface area (Å²) in [5.41, 5.74) is 16.8. The minimum absolute atomic E-state index is 0. The van der Waals surface area contributed by atoms with Crippen molar-refractivity contribution in [1.82, 2.24) is 9.97 Å². The van der Waals surface area contributed by atoms with E-state index in [1.807, 2.05) is 42.7 Å². The molecule has 0 atom stereocenters. The van der Waals surface area contributed by atoms with E-state index in [0.717, 1.165) is 59.3 Å². The van der Waals surface area contributed by atoms with Gasteiger partial charge in [0.1, 0.15) is 0 Å². The van der Waals surface area contributed by atoms with Crippen molar-refractivity contribution in [1.29, 1.82) is 0 Å². The molecule has 511 valence electrons. The summed E-state index contributed by atoms with van der Waals surface area (Å²) in [6.07, 6.45) is 58.9. The molecule has 2 aromatic heterocycles. The number of allylic oxidation sites excluding steroid dienone is 2.